The largest absolute Gasteiger partial charge is 0.354 e. The van der Waals surface area contributed by atoms with E-state index in [1.54, 1.807) is 0 Å². The highest BCUT2D eigenvalue weighted by Gasteiger charge is 2.29. The number of aromatic nitrogens is 5. The summed E-state index contributed by atoms with van der Waals surface area (Å²) in [5.41, 5.74) is 20.3. The third-order valence-corrected chi connectivity index (χ3v) is 13.2. The first kappa shape index (κ1) is 41.5. The van der Waals surface area contributed by atoms with Crippen molar-refractivity contribution in [3.63, 3.8) is 0 Å². The van der Waals surface area contributed by atoms with Crippen LogP contribution >= 0.6 is 0 Å². The second-order valence-corrected chi connectivity index (χ2v) is 17.6. The SMILES string of the molecule is C1=Cc2nc1c(-c1ccccc1)c1ccc([nH]1)c(-c1ccccc1)c1nc(c(-c3ccccc3)c3ccc([nH]3)c2-c2ccccc2)-c2nc(-c3ccccc3)c(CCCOC3CCCCO3)cc2-1. The van der Waals surface area contributed by atoms with E-state index < -0.39 is 0 Å². The molecule has 8 bridgehead atoms. The standard InChI is InChI=1S/C61H49N5O2/c1-6-19-40(20-7-1)54-47-31-32-48(62-47)55(41-21-8-2-9-22-41)50-34-36-52(64-50)57(43-25-12-4-13-26-43)61-60-46(59(66-61)56(42-23-10-3-11-24-42)51-35-33-49(54)63-51)39-45(58(65-60)44-27-14-5-15-28-44)29-18-38-68-53-30-16-17-37-67-53/h1-15,19-28,31-36,39,53,63-64H,16-18,29-30,37-38H2. The molecular formula is C61H49N5O2. The minimum absolute atomic E-state index is 0.136. The topological polar surface area (TPSA) is 88.7 Å². The van der Waals surface area contributed by atoms with Crippen molar-refractivity contribution in [2.24, 2.45) is 0 Å². The molecule has 330 valence electrons. The molecule has 68 heavy (non-hydrogen) atoms. The summed E-state index contributed by atoms with van der Waals surface area (Å²) in [6.45, 7) is 1.36. The predicted molar refractivity (Wildman–Crippen MR) is 277 cm³/mol. The van der Waals surface area contributed by atoms with Gasteiger partial charge in [0.1, 0.15) is 0 Å². The Morgan fingerprint density at radius 1 is 0.456 bits per heavy atom. The third kappa shape index (κ3) is 7.96. The summed E-state index contributed by atoms with van der Waals surface area (Å²) in [6, 6.07) is 64.0. The van der Waals surface area contributed by atoms with Crippen molar-refractivity contribution >= 4 is 34.2 Å². The highest BCUT2D eigenvalue weighted by Crippen LogP contribution is 2.47. The number of pyridine rings is 1. The van der Waals surface area contributed by atoms with Gasteiger partial charge in [0.15, 0.2) is 6.29 Å². The van der Waals surface area contributed by atoms with Crippen LogP contribution in [-0.2, 0) is 15.9 Å². The van der Waals surface area contributed by atoms with E-state index in [2.05, 4.69) is 204 Å². The molecule has 7 heterocycles. The van der Waals surface area contributed by atoms with Gasteiger partial charge in [0.2, 0.25) is 0 Å². The Labute approximate surface area is 395 Å². The van der Waals surface area contributed by atoms with Gasteiger partial charge in [-0.1, -0.05) is 152 Å². The van der Waals surface area contributed by atoms with Crippen LogP contribution in [0.15, 0.2) is 182 Å². The van der Waals surface area contributed by atoms with E-state index in [-0.39, 0.29) is 6.29 Å². The summed E-state index contributed by atoms with van der Waals surface area (Å²) < 4.78 is 12.2. The lowest BCUT2D eigenvalue weighted by molar-refractivity contribution is -0.162. The van der Waals surface area contributed by atoms with Crippen LogP contribution in [0.2, 0.25) is 0 Å². The molecule has 3 aliphatic heterocycles. The lowest BCUT2D eigenvalue weighted by Gasteiger charge is -2.22. The van der Waals surface area contributed by atoms with E-state index in [1.165, 1.54) is 0 Å². The van der Waals surface area contributed by atoms with Crippen LogP contribution in [0.1, 0.15) is 42.6 Å². The van der Waals surface area contributed by atoms with Crippen molar-refractivity contribution in [3.8, 4) is 78.4 Å². The first-order valence-electron chi connectivity index (χ1n) is 23.8. The molecule has 5 aromatic carbocycles. The fourth-order valence-corrected chi connectivity index (χ4v) is 10.0. The maximum atomic E-state index is 6.29. The summed E-state index contributed by atoms with van der Waals surface area (Å²) in [4.78, 5) is 25.0. The van der Waals surface area contributed by atoms with Crippen LogP contribution in [0, 0.1) is 0 Å². The molecule has 0 amide bonds. The molecule has 0 spiro atoms. The highest BCUT2D eigenvalue weighted by molar-refractivity contribution is 6.04. The average molecular weight is 884 g/mol. The Balaban J connectivity index is 1.21. The summed E-state index contributed by atoms with van der Waals surface area (Å²) >= 11 is 0. The van der Waals surface area contributed by atoms with E-state index in [4.69, 9.17) is 24.4 Å². The zero-order valence-electron chi connectivity index (χ0n) is 37.7. The monoisotopic (exact) mass is 883 g/mol. The Morgan fingerprint density at radius 3 is 1.41 bits per heavy atom. The Hall–Kier alpha value is -7.97. The van der Waals surface area contributed by atoms with Crippen LogP contribution < -0.4 is 0 Å². The number of fused-ring (bicyclic) bond motifs is 11. The second-order valence-electron chi connectivity index (χ2n) is 17.6. The molecule has 4 aromatic heterocycles. The highest BCUT2D eigenvalue weighted by atomic mass is 16.7. The number of nitrogens with one attached hydrogen (secondary N) is 2. The molecule has 7 heteroatoms. The molecule has 1 saturated heterocycles. The van der Waals surface area contributed by atoms with E-state index in [0.29, 0.717) is 6.61 Å². The van der Waals surface area contributed by atoms with Gasteiger partial charge in [0.05, 0.1) is 40.8 Å². The maximum absolute atomic E-state index is 6.29. The maximum Gasteiger partial charge on any atom is 0.157 e. The average Bonchev–Trinajstić information content (AvgIpc) is 4.25. The van der Waals surface area contributed by atoms with Crippen LogP contribution in [0.25, 0.3) is 113 Å². The van der Waals surface area contributed by atoms with E-state index in [9.17, 15) is 0 Å². The number of rotatable bonds is 10. The number of benzene rings is 5. The molecule has 1 fully saturated rings. The van der Waals surface area contributed by atoms with Gasteiger partial charge in [-0.3, -0.25) is 0 Å². The Kier molecular flexibility index (Phi) is 11.2. The van der Waals surface area contributed by atoms with Crippen molar-refractivity contribution < 1.29 is 9.47 Å². The molecule has 3 aliphatic rings. The number of hydrogen-bond acceptors (Lipinski definition) is 5. The number of aromatic amines is 2. The van der Waals surface area contributed by atoms with Crippen molar-refractivity contribution in [3.05, 3.63) is 199 Å². The molecule has 7 nitrogen and oxygen atoms in total. The molecule has 0 saturated carbocycles. The zero-order chi connectivity index (χ0) is 45.2. The Morgan fingerprint density at radius 2 is 0.912 bits per heavy atom. The fourth-order valence-electron chi connectivity index (χ4n) is 10.0. The first-order valence-corrected chi connectivity index (χ1v) is 23.8. The van der Waals surface area contributed by atoms with Gasteiger partial charge >= 0.3 is 0 Å². The molecule has 0 aliphatic carbocycles. The summed E-state index contributed by atoms with van der Waals surface area (Å²) in [7, 11) is 0. The molecule has 1 unspecified atom stereocenters. The zero-order valence-corrected chi connectivity index (χ0v) is 37.7. The summed E-state index contributed by atoms with van der Waals surface area (Å²) in [6.07, 6.45) is 8.91. The second kappa shape index (κ2) is 18.4. The molecule has 2 N–H and O–H groups in total. The smallest absolute Gasteiger partial charge is 0.157 e. The van der Waals surface area contributed by atoms with Crippen LogP contribution in [0.3, 0.4) is 0 Å². The molecule has 9 aromatic rings. The first-order chi connectivity index (χ1) is 33.7. The van der Waals surface area contributed by atoms with Gasteiger partial charge in [0.25, 0.3) is 0 Å². The van der Waals surface area contributed by atoms with Crippen molar-refractivity contribution in [1.82, 2.24) is 24.9 Å². The number of ether oxygens (including phenoxy) is 2. The van der Waals surface area contributed by atoms with Gasteiger partial charge < -0.3 is 19.4 Å². The lowest BCUT2D eigenvalue weighted by Crippen LogP contribution is -2.22. The van der Waals surface area contributed by atoms with Crippen LogP contribution in [0.5, 0.6) is 0 Å². The van der Waals surface area contributed by atoms with Gasteiger partial charge in [0, 0.05) is 62.1 Å². The predicted octanol–water partition coefficient (Wildman–Crippen LogP) is 15.0. The van der Waals surface area contributed by atoms with Crippen molar-refractivity contribution in [1.29, 1.82) is 0 Å². The number of hydrogen-bond donors (Lipinski definition) is 2. The quantitative estimate of drug-likeness (QED) is 0.134. The Bertz CT molecular complexity index is 3470. The van der Waals surface area contributed by atoms with Gasteiger partial charge in [-0.2, -0.15) is 0 Å². The summed E-state index contributed by atoms with van der Waals surface area (Å²) in [5.74, 6) is 0. The van der Waals surface area contributed by atoms with Gasteiger partial charge in [-0.15, -0.1) is 0 Å². The molecule has 1 atom stereocenters. The minimum atomic E-state index is -0.136. The fraction of sp³-hybridized carbons (Fsp3) is 0.131. The number of nitrogens with zero attached hydrogens (tertiary/aromatic N) is 3. The summed E-state index contributed by atoms with van der Waals surface area (Å²) in [5, 5.41) is 0. The van der Waals surface area contributed by atoms with E-state index in [0.717, 1.165) is 156 Å². The normalized spacial score (nSPS) is 14.2. The van der Waals surface area contributed by atoms with Crippen LogP contribution in [-0.4, -0.2) is 44.4 Å². The van der Waals surface area contributed by atoms with Gasteiger partial charge in [-0.05, 0) is 102 Å². The number of H-pyrrole nitrogens is 2. The lowest BCUT2D eigenvalue weighted by atomic mass is 9.94. The van der Waals surface area contributed by atoms with Crippen molar-refractivity contribution in [2.75, 3.05) is 13.2 Å². The van der Waals surface area contributed by atoms with Crippen molar-refractivity contribution in [2.45, 2.75) is 38.4 Å². The minimum Gasteiger partial charge on any atom is -0.354 e. The van der Waals surface area contributed by atoms with E-state index >= 15 is 0 Å². The third-order valence-electron chi connectivity index (χ3n) is 13.2. The molecular weight excluding hydrogens is 835 g/mol. The number of aryl methyl sites for hydroxylation is 1. The molecule has 0 radical (unpaired) electrons. The molecule has 12 rings (SSSR count). The van der Waals surface area contributed by atoms with Crippen LogP contribution in [0.4, 0.5) is 0 Å². The van der Waals surface area contributed by atoms with Gasteiger partial charge in [-0.25, -0.2) is 15.0 Å². The van der Waals surface area contributed by atoms with E-state index in [1.807, 2.05) is 0 Å².